The molecule has 8 nitrogen and oxygen atoms in total. The number of aromatic nitrogens is 2. The number of ether oxygens (including phenoxy) is 2. The van der Waals surface area contributed by atoms with Crippen LogP contribution in [-0.4, -0.2) is 45.9 Å². The summed E-state index contributed by atoms with van der Waals surface area (Å²) in [6.07, 6.45) is -0.314. The first-order valence-electron chi connectivity index (χ1n) is 10.8. The van der Waals surface area contributed by atoms with Crippen molar-refractivity contribution >= 4 is 7.14 Å². The highest BCUT2D eigenvalue weighted by molar-refractivity contribution is 7.62. The lowest BCUT2D eigenvalue weighted by atomic mass is 9.92. The highest BCUT2D eigenvalue weighted by Crippen LogP contribution is 2.44. The van der Waals surface area contributed by atoms with E-state index in [0.29, 0.717) is 11.7 Å². The van der Waals surface area contributed by atoms with E-state index in [1.165, 1.54) is 10.8 Å². The van der Waals surface area contributed by atoms with Crippen molar-refractivity contribution in [3.63, 3.8) is 0 Å². The molecule has 0 bridgehead atoms. The molecule has 0 spiro atoms. The molecule has 1 N–H and O–H groups in total. The van der Waals surface area contributed by atoms with Gasteiger partial charge in [-0.25, -0.2) is 9.36 Å². The Kier molecular flexibility index (Phi) is 7.61. The van der Waals surface area contributed by atoms with E-state index in [9.17, 15) is 19.3 Å². The van der Waals surface area contributed by atoms with Gasteiger partial charge in [0.2, 0.25) is 0 Å². The van der Waals surface area contributed by atoms with Crippen LogP contribution in [0.2, 0.25) is 0 Å². The van der Waals surface area contributed by atoms with E-state index in [1.807, 2.05) is 44.2 Å². The molecule has 1 fully saturated rings. The molecule has 1 aromatic heterocycles. The monoisotopic (exact) mass is 464 g/mol. The average Bonchev–Trinajstić information content (AvgIpc) is 3.02. The third-order valence-corrected chi connectivity index (χ3v) is 7.36. The Morgan fingerprint density at radius 3 is 2.50 bits per heavy atom. The van der Waals surface area contributed by atoms with Gasteiger partial charge in [-0.2, -0.15) is 0 Å². The van der Waals surface area contributed by atoms with Crippen LogP contribution in [0.1, 0.15) is 31.2 Å². The molecule has 0 radical (unpaired) electrons. The van der Waals surface area contributed by atoms with Crippen LogP contribution >= 0.6 is 7.14 Å². The summed E-state index contributed by atoms with van der Waals surface area (Å²) in [6.45, 7) is 8.93. The number of benzene rings is 1. The van der Waals surface area contributed by atoms with Gasteiger partial charge in [-0.05, 0) is 31.7 Å². The average molecular weight is 464 g/mol. The van der Waals surface area contributed by atoms with Gasteiger partial charge in [-0.1, -0.05) is 44.2 Å². The van der Waals surface area contributed by atoms with Crippen molar-refractivity contribution in [2.45, 2.75) is 52.5 Å². The van der Waals surface area contributed by atoms with Crippen LogP contribution in [0.5, 0.6) is 0 Å². The van der Waals surface area contributed by atoms with Gasteiger partial charge in [0, 0.05) is 23.8 Å². The van der Waals surface area contributed by atoms with Crippen LogP contribution in [0, 0.1) is 18.8 Å². The predicted octanol–water partition coefficient (Wildman–Crippen LogP) is 2.65. The van der Waals surface area contributed by atoms with Crippen molar-refractivity contribution in [3.05, 3.63) is 68.5 Å². The minimum atomic E-state index is -2.27. The molecule has 0 aliphatic carbocycles. The number of nitrogens with zero attached hydrogens (tertiary/aromatic N) is 2. The lowest BCUT2D eigenvalue weighted by Gasteiger charge is -2.24. The highest BCUT2D eigenvalue weighted by atomic mass is 31.2. The van der Waals surface area contributed by atoms with E-state index in [4.69, 9.17) is 9.47 Å². The molecule has 5 atom stereocenters. The predicted molar refractivity (Wildman–Crippen MR) is 123 cm³/mol. The number of aryl methyl sites for hydroxylation is 1. The van der Waals surface area contributed by atoms with Crippen LogP contribution in [0.25, 0.3) is 0 Å². The zero-order valence-electron chi connectivity index (χ0n) is 19.3. The van der Waals surface area contributed by atoms with Gasteiger partial charge in [-0.3, -0.25) is 9.36 Å². The summed E-state index contributed by atoms with van der Waals surface area (Å²) in [6, 6.07) is 9.47. The largest absolute Gasteiger partial charge is 0.388 e. The second-order valence-corrected chi connectivity index (χ2v) is 12.8. The summed E-state index contributed by atoms with van der Waals surface area (Å²) in [5.41, 5.74) is 0.231. The van der Waals surface area contributed by atoms with Crippen LogP contribution in [0.3, 0.4) is 0 Å². The zero-order chi connectivity index (χ0) is 23.6. The molecule has 0 saturated carbocycles. The molecule has 1 aliphatic rings. The number of rotatable bonds is 8. The molecule has 9 heteroatoms. The summed E-state index contributed by atoms with van der Waals surface area (Å²) in [5.74, 6) is -0.314. The van der Waals surface area contributed by atoms with Crippen molar-refractivity contribution in [2.75, 3.05) is 19.5 Å². The van der Waals surface area contributed by atoms with Gasteiger partial charge in [-0.15, -0.1) is 0 Å². The molecule has 2 aromatic rings. The number of hydrogen-bond donors (Lipinski definition) is 1. The van der Waals surface area contributed by atoms with Crippen LogP contribution in [-0.2, 0) is 27.4 Å². The highest BCUT2D eigenvalue weighted by Gasteiger charge is 2.45. The summed E-state index contributed by atoms with van der Waals surface area (Å²) in [7, 11) is -2.27. The SMILES string of the molecule is Cc1cn([C@@H]2OC([C@@H](C)CP(C)(C)=O)[C@@H](C)[C@H]2O)c(=O)n(COCc2ccccc2)c1=O. The van der Waals surface area contributed by atoms with Crippen molar-refractivity contribution in [2.24, 2.45) is 11.8 Å². The van der Waals surface area contributed by atoms with Gasteiger partial charge >= 0.3 is 5.69 Å². The molecule has 1 saturated heterocycles. The normalized spacial score (nSPS) is 24.6. The Bertz CT molecular complexity index is 1090. The van der Waals surface area contributed by atoms with Crippen LogP contribution in [0.15, 0.2) is 46.1 Å². The van der Waals surface area contributed by atoms with Crippen molar-refractivity contribution in [1.29, 1.82) is 0 Å². The fourth-order valence-electron chi connectivity index (χ4n) is 4.38. The lowest BCUT2D eigenvalue weighted by Crippen LogP contribution is -2.44. The first-order valence-corrected chi connectivity index (χ1v) is 13.6. The lowest BCUT2D eigenvalue weighted by molar-refractivity contribution is -0.0537. The number of hydrogen-bond acceptors (Lipinski definition) is 6. The van der Waals surface area contributed by atoms with E-state index >= 15 is 0 Å². The van der Waals surface area contributed by atoms with E-state index in [1.54, 1.807) is 20.3 Å². The standard InChI is InChI=1S/C23H33N2O6P/c1-15-11-24(22-19(26)17(3)20(31-22)16(2)13-32(4,5)29)23(28)25(21(15)27)14-30-12-18-9-7-6-8-10-18/h6-11,16-17,19-20,22,26H,12-14H2,1-5H3/t16-,17-,19+,20?,22+/m0/s1. The van der Waals surface area contributed by atoms with Crippen LogP contribution in [0.4, 0.5) is 0 Å². The van der Waals surface area contributed by atoms with Gasteiger partial charge in [0.05, 0.1) is 19.9 Å². The van der Waals surface area contributed by atoms with Crippen LogP contribution < -0.4 is 11.2 Å². The number of aliphatic hydroxyl groups excluding tert-OH is 1. The maximum Gasteiger partial charge on any atom is 0.335 e. The summed E-state index contributed by atoms with van der Waals surface area (Å²) < 4.78 is 26.3. The maximum absolute atomic E-state index is 13.1. The first-order chi connectivity index (χ1) is 15.0. The Labute approximate surface area is 188 Å². The molecule has 32 heavy (non-hydrogen) atoms. The minimum Gasteiger partial charge on any atom is -0.388 e. The maximum atomic E-state index is 13.1. The van der Waals surface area contributed by atoms with Gasteiger partial charge in [0.25, 0.3) is 5.56 Å². The summed E-state index contributed by atoms with van der Waals surface area (Å²) in [5, 5.41) is 10.9. The molecular weight excluding hydrogens is 431 g/mol. The summed E-state index contributed by atoms with van der Waals surface area (Å²) in [4.78, 5) is 25.7. The third kappa shape index (κ3) is 5.49. The van der Waals surface area contributed by atoms with Crippen molar-refractivity contribution < 1.29 is 19.1 Å². The Morgan fingerprint density at radius 2 is 1.88 bits per heavy atom. The third-order valence-electron chi connectivity index (χ3n) is 5.91. The zero-order valence-corrected chi connectivity index (χ0v) is 20.2. The topological polar surface area (TPSA) is 99.8 Å². The molecule has 1 aromatic carbocycles. The molecule has 176 valence electrons. The van der Waals surface area contributed by atoms with Crippen molar-refractivity contribution in [3.8, 4) is 0 Å². The fraction of sp³-hybridized carbons (Fsp3) is 0.565. The second-order valence-electron chi connectivity index (χ2n) is 9.27. The van der Waals surface area contributed by atoms with E-state index in [2.05, 4.69) is 0 Å². The quantitative estimate of drug-likeness (QED) is 0.603. The molecule has 0 amide bonds. The van der Waals surface area contributed by atoms with Crippen molar-refractivity contribution in [1.82, 2.24) is 9.13 Å². The molecule has 2 heterocycles. The minimum absolute atomic E-state index is 0.0533. The second kappa shape index (κ2) is 9.87. The molecule has 1 aliphatic heterocycles. The van der Waals surface area contributed by atoms with Gasteiger partial charge in [0.15, 0.2) is 6.23 Å². The van der Waals surface area contributed by atoms with Gasteiger partial charge in [0.1, 0.15) is 12.8 Å². The Morgan fingerprint density at radius 1 is 1.22 bits per heavy atom. The molecule has 1 unspecified atom stereocenters. The first kappa shape index (κ1) is 24.6. The van der Waals surface area contributed by atoms with E-state index in [0.717, 1.165) is 10.1 Å². The summed E-state index contributed by atoms with van der Waals surface area (Å²) >= 11 is 0. The fourth-order valence-corrected chi connectivity index (χ4v) is 5.98. The smallest absolute Gasteiger partial charge is 0.335 e. The number of aliphatic hydroxyl groups is 1. The van der Waals surface area contributed by atoms with Gasteiger partial charge < -0.3 is 19.1 Å². The Balaban J connectivity index is 1.84. The molecular formula is C23H33N2O6P. The Hall–Kier alpha value is -1.99. The molecule has 3 rings (SSSR count). The van der Waals surface area contributed by atoms with E-state index < -0.39 is 30.7 Å². The van der Waals surface area contributed by atoms with E-state index in [-0.39, 0.29) is 31.3 Å².